The number of thioether (sulfide) groups is 1. The maximum Gasteiger partial charge on any atom is 0.316 e. The van der Waals surface area contributed by atoms with E-state index in [2.05, 4.69) is 16.4 Å². The summed E-state index contributed by atoms with van der Waals surface area (Å²) in [5.41, 5.74) is 6.53. The van der Waals surface area contributed by atoms with E-state index in [9.17, 15) is 14.9 Å². The number of nitrogens with one attached hydrogen (secondary N) is 1. The lowest BCUT2D eigenvalue weighted by molar-refractivity contribution is -0.139. The number of nitrogens with zero attached hydrogens (tertiary/aromatic N) is 2. The molecule has 0 saturated heterocycles. The number of para-hydroxylation sites is 1. The van der Waals surface area contributed by atoms with Crippen LogP contribution in [0.4, 0.5) is 5.69 Å². The number of amides is 1. The van der Waals surface area contributed by atoms with Crippen molar-refractivity contribution in [2.45, 2.75) is 39.0 Å². The van der Waals surface area contributed by atoms with Gasteiger partial charge >= 0.3 is 5.97 Å². The summed E-state index contributed by atoms with van der Waals surface area (Å²) in [4.78, 5) is 29.8. The highest BCUT2D eigenvalue weighted by Gasteiger charge is 2.52. The smallest absolute Gasteiger partial charge is 0.316 e. The van der Waals surface area contributed by atoms with Gasteiger partial charge < -0.3 is 15.8 Å². The molecule has 1 aromatic rings. The molecule has 3 N–H and O–H groups in total. The molecule has 1 fully saturated rings. The number of hydrogen-bond acceptors (Lipinski definition) is 7. The standard InChI is InChI=1S/C22H26N4O3S/c1-2-29-17(27)14-30-21-18(20(28)25-15-9-5-3-6-10-15)22(11-7-4-8-12-22)16(13-23)19(24)26-21/h3,5-6,9-10,18H,2,4,7-8,11-12,14,24H2,1H3,(H,25,28)/t18-/m1/s1. The molecule has 1 aliphatic heterocycles. The van der Waals surface area contributed by atoms with Crippen molar-refractivity contribution in [1.29, 1.82) is 5.26 Å². The van der Waals surface area contributed by atoms with E-state index in [0.717, 1.165) is 19.3 Å². The van der Waals surface area contributed by atoms with E-state index < -0.39 is 11.3 Å². The van der Waals surface area contributed by atoms with Gasteiger partial charge in [-0.3, -0.25) is 9.59 Å². The molecule has 158 valence electrons. The van der Waals surface area contributed by atoms with Crippen molar-refractivity contribution in [3.05, 3.63) is 41.7 Å². The average Bonchev–Trinajstić information content (AvgIpc) is 2.73. The SMILES string of the molecule is CCOC(=O)CSC1=NC(N)=C(C#N)C2(CCCCC2)[C@@H]1C(=O)Nc1ccccc1. The zero-order valence-electron chi connectivity index (χ0n) is 17.0. The highest BCUT2D eigenvalue weighted by atomic mass is 32.2. The highest BCUT2D eigenvalue weighted by Crippen LogP contribution is 2.52. The Labute approximate surface area is 180 Å². The Morgan fingerprint density at radius 2 is 2.00 bits per heavy atom. The number of nitriles is 1. The number of aliphatic imine (C=N–C) groups is 1. The van der Waals surface area contributed by atoms with Crippen molar-refractivity contribution in [2.24, 2.45) is 22.1 Å². The van der Waals surface area contributed by atoms with Crippen LogP contribution in [-0.4, -0.2) is 29.3 Å². The molecule has 0 bridgehead atoms. The number of esters is 1. The highest BCUT2D eigenvalue weighted by molar-refractivity contribution is 8.14. The molecule has 0 radical (unpaired) electrons. The van der Waals surface area contributed by atoms with Crippen molar-refractivity contribution in [2.75, 3.05) is 17.7 Å². The molecule has 2 aliphatic rings. The van der Waals surface area contributed by atoms with E-state index in [-0.39, 0.29) is 30.1 Å². The van der Waals surface area contributed by atoms with Gasteiger partial charge in [0.05, 0.1) is 35.0 Å². The molecule has 8 heteroatoms. The van der Waals surface area contributed by atoms with Crippen LogP contribution in [0.5, 0.6) is 0 Å². The third kappa shape index (κ3) is 4.51. The predicted molar refractivity (Wildman–Crippen MR) is 117 cm³/mol. The third-order valence-electron chi connectivity index (χ3n) is 5.59. The fourth-order valence-electron chi connectivity index (χ4n) is 4.32. The Hall–Kier alpha value is -2.79. The number of anilines is 1. The van der Waals surface area contributed by atoms with Crippen molar-refractivity contribution in [3.63, 3.8) is 0 Å². The predicted octanol–water partition coefficient (Wildman–Crippen LogP) is 3.59. The first-order valence-corrected chi connectivity index (χ1v) is 11.1. The number of carbonyl (C=O) groups is 2. The van der Waals surface area contributed by atoms with Crippen LogP contribution >= 0.6 is 11.8 Å². The van der Waals surface area contributed by atoms with Crippen molar-refractivity contribution >= 4 is 34.4 Å². The average molecular weight is 427 g/mol. The third-order valence-corrected chi connectivity index (χ3v) is 6.59. The lowest BCUT2D eigenvalue weighted by atomic mass is 9.61. The molecule has 3 rings (SSSR count). The minimum atomic E-state index is -0.700. The normalized spacial score (nSPS) is 20.3. The summed E-state index contributed by atoms with van der Waals surface area (Å²) in [5.74, 6) is -1.11. The number of ether oxygens (including phenoxy) is 1. The largest absolute Gasteiger partial charge is 0.465 e. The summed E-state index contributed by atoms with van der Waals surface area (Å²) in [6.45, 7) is 2.03. The van der Waals surface area contributed by atoms with Gasteiger partial charge in [0.1, 0.15) is 5.82 Å². The molecule has 1 spiro atoms. The molecular weight excluding hydrogens is 400 g/mol. The van der Waals surface area contributed by atoms with Crippen LogP contribution in [0.25, 0.3) is 0 Å². The Kier molecular flexibility index (Phi) is 7.16. The Balaban J connectivity index is 1.98. The Morgan fingerprint density at radius 1 is 1.30 bits per heavy atom. The van der Waals surface area contributed by atoms with Crippen LogP contribution in [0.15, 0.2) is 46.7 Å². The van der Waals surface area contributed by atoms with Gasteiger partial charge in [0, 0.05) is 11.1 Å². The molecule has 1 heterocycles. The molecule has 0 aromatic heterocycles. The van der Waals surface area contributed by atoms with Crippen molar-refractivity contribution < 1.29 is 14.3 Å². The number of hydrogen-bond donors (Lipinski definition) is 2. The van der Waals surface area contributed by atoms with Crippen LogP contribution < -0.4 is 11.1 Å². The molecule has 0 unspecified atom stereocenters. The lowest BCUT2D eigenvalue weighted by Crippen LogP contribution is -2.48. The number of nitrogens with two attached hydrogens (primary N) is 1. The van der Waals surface area contributed by atoms with Crippen LogP contribution in [-0.2, 0) is 14.3 Å². The molecule has 30 heavy (non-hydrogen) atoms. The lowest BCUT2D eigenvalue weighted by Gasteiger charge is -2.44. The first-order valence-electron chi connectivity index (χ1n) is 10.1. The van der Waals surface area contributed by atoms with Gasteiger partial charge in [0.25, 0.3) is 0 Å². The van der Waals surface area contributed by atoms with E-state index >= 15 is 0 Å². The fraction of sp³-hybridized carbons (Fsp3) is 0.455. The van der Waals surface area contributed by atoms with Gasteiger partial charge in [-0.05, 0) is 31.9 Å². The van der Waals surface area contributed by atoms with E-state index in [4.69, 9.17) is 10.5 Å². The quantitative estimate of drug-likeness (QED) is 0.695. The summed E-state index contributed by atoms with van der Waals surface area (Å²) < 4.78 is 5.02. The molecule has 1 aromatic carbocycles. The van der Waals surface area contributed by atoms with Crippen LogP contribution in [0.2, 0.25) is 0 Å². The molecule has 7 nitrogen and oxygen atoms in total. The minimum Gasteiger partial charge on any atom is -0.465 e. The van der Waals surface area contributed by atoms with Crippen LogP contribution in [0.1, 0.15) is 39.0 Å². The number of benzene rings is 1. The monoisotopic (exact) mass is 426 g/mol. The van der Waals surface area contributed by atoms with Gasteiger partial charge in [0.15, 0.2) is 0 Å². The van der Waals surface area contributed by atoms with E-state index in [1.165, 1.54) is 11.8 Å². The zero-order valence-corrected chi connectivity index (χ0v) is 17.8. The number of carbonyl (C=O) groups excluding carboxylic acids is 2. The zero-order chi connectivity index (χ0) is 21.6. The maximum absolute atomic E-state index is 13.5. The summed E-state index contributed by atoms with van der Waals surface area (Å²) in [6, 6.07) is 11.4. The van der Waals surface area contributed by atoms with Gasteiger partial charge in [-0.25, -0.2) is 4.99 Å². The van der Waals surface area contributed by atoms with E-state index in [0.29, 0.717) is 29.1 Å². The van der Waals surface area contributed by atoms with Gasteiger partial charge in [-0.15, -0.1) is 0 Å². The number of allylic oxidation sites excluding steroid dienone is 1. The summed E-state index contributed by atoms with van der Waals surface area (Å²) >= 11 is 1.17. The van der Waals surface area contributed by atoms with Gasteiger partial charge in [-0.1, -0.05) is 49.2 Å². The summed E-state index contributed by atoms with van der Waals surface area (Å²) in [7, 11) is 0. The summed E-state index contributed by atoms with van der Waals surface area (Å²) in [6.07, 6.45) is 4.23. The number of rotatable bonds is 5. The second-order valence-corrected chi connectivity index (χ2v) is 8.42. The molecule has 1 aliphatic carbocycles. The van der Waals surface area contributed by atoms with Crippen molar-refractivity contribution in [3.8, 4) is 6.07 Å². The maximum atomic E-state index is 13.5. The van der Waals surface area contributed by atoms with Gasteiger partial charge in [-0.2, -0.15) is 5.26 Å². The molecule has 1 amide bonds. The first-order chi connectivity index (χ1) is 14.5. The Bertz CT molecular complexity index is 899. The molecule has 1 saturated carbocycles. The molecular formula is C22H26N4O3S. The second-order valence-electron chi connectivity index (χ2n) is 7.42. The van der Waals surface area contributed by atoms with E-state index in [1.54, 1.807) is 6.92 Å². The fourth-order valence-corrected chi connectivity index (χ4v) is 5.33. The van der Waals surface area contributed by atoms with Crippen molar-refractivity contribution in [1.82, 2.24) is 0 Å². The summed E-state index contributed by atoms with van der Waals surface area (Å²) in [5, 5.41) is 13.3. The second kappa shape index (κ2) is 9.81. The Morgan fingerprint density at radius 3 is 2.63 bits per heavy atom. The molecule has 1 atom stereocenters. The topological polar surface area (TPSA) is 118 Å². The van der Waals surface area contributed by atoms with E-state index in [1.807, 2.05) is 30.3 Å². The van der Waals surface area contributed by atoms with Gasteiger partial charge in [0.2, 0.25) is 5.91 Å². The van der Waals surface area contributed by atoms with Crippen LogP contribution in [0, 0.1) is 22.7 Å². The minimum absolute atomic E-state index is 0.0348. The van der Waals surface area contributed by atoms with Crippen LogP contribution in [0.3, 0.4) is 0 Å². The first kappa shape index (κ1) is 21.9.